The van der Waals surface area contributed by atoms with Crippen LogP contribution in [0.3, 0.4) is 0 Å². The maximum Gasteiger partial charge on any atom is 0.244 e. The average molecular weight is 473 g/mol. The van der Waals surface area contributed by atoms with Gasteiger partial charge in [-0.25, -0.2) is 21.6 Å². The van der Waals surface area contributed by atoms with Crippen molar-refractivity contribution in [3.63, 3.8) is 0 Å². The molecule has 0 unspecified atom stereocenters. The Morgan fingerprint density at radius 2 is 1.72 bits per heavy atom. The van der Waals surface area contributed by atoms with Crippen molar-refractivity contribution in [2.75, 3.05) is 19.4 Å². The van der Waals surface area contributed by atoms with Crippen LogP contribution in [0.4, 0.5) is 0 Å². The topological polar surface area (TPSA) is 134 Å². The summed E-state index contributed by atoms with van der Waals surface area (Å²) in [6.07, 6.45) is 1.14. The first kappa shape index (κ1) is 23.3. The van der Waals surface area contributed by atoms with Crippen molar-refractivity contribution in [3.8, 4) is 28.7 Å². The smallest absolute Gasteiger partial charge is 0.244 e. The summed E-state index contributed by atoms with van der Waals surface area (Å²) in [5.41, 5.74) is 1.28. The molecule has 0 atom stereocenters. The van der Waals surface area contributed by atoms with Crippen LogP contribution in [0.15, 0.2) is 76.5 Å². The first-order valence-electron chi connectivity index (χ1n) is 9.37. The molecule has 3 aromatic rings. The first-order valence-corrected chi connectivity index (χ1v) is 12.7. The molecule has 0 aliphatic heterocycles. The fourth-order valence-electron chi connectivity index (χ4n) is 3.00. The molecule has 10 heteroatoms. The van der Waals surface area contributed by atoms with Gasteiger partial charge in [-0.1, -0.05) is 30.3 Å². The number of phenolic OH excluding ortho intramolecular Hbond substituents is 1. The molecule has 0 fully saturated rings. The summed E-state index contributed by atoms with van der Waals surface area (Å²) in [6.45, 7) is -0.113. The van der Waals surface area contributed by atoms with Gasteiger partial charge in [0.1, 0.15) is 23.0 Å². The Kier molecular flexibility index (Phi) is 6.84. The number of sulfonamides is 1. The summed E-state index contributed by atoms with van der Waals surface area (Å²) in [6, 6.07) is 18.8. The molecular formula is C22H20N2O6S2. The fourth-order valence-corrected chi connectivity index (χ4v) is 5.05. The van der Waals surface area contributed by atoms with Gasteiger partial charge in [0.25, 0.3) is 0 Å². The lowest BCUT2D eigenvalue weighted by atomic mass is 10.1. The highest BCUT2D eigenvalue weighted by Crippen LogP contribution is 2.29. The van der Waals surface area contributed by atoms with Gasteiger partial charge < -0.3 is 9.84 Å². The van der Waals surface area contributed by atoms with Crippen molar-refractivity contribution in [1.29, 1.82) is 5.26 Å². The van der Waals surface area contributed by atoms with Crippen LogP contribution in [-0.2, 0) is 19.9 Å². The van der Waals surface area contributed by atoms with E-state index in [0.717, 1.165) is 18.4 Å². The molecule has 3 aromatic carbocycles. The number of benzene rings is 3. The minimum Gasteiger partial charge on any atom is -0.507 e. The van der Waals surface area contributed by atoms with Crippen molar-refractivity contribution < 1.29 is 26.7 Å². The molecule has 8 nitrogen and oxygen atoms in total. The zero-order valence-electron chi connectivity index (χ0n) is 17.0. The number of ether oxygens (including phenoxy) is 1. The Hall–Kier alpha value is -3.39. The van der Waals surface area contributed by atoms with E-state index in [2.05, 4.69) is 4.72 Å². The highest BCUT2D eigenvalue weighted by atomic mass is 32.2. The first-order chi connectivity index (χ1) is 15.1. The Morgan fingerprint density at radius 3 is 2.44 bits per heavy atom. The number of nitriles is 1. The number of aromatic hydroxyl groups is 1. The second-order valence-corrected chi connectivity index (χ2v) is 10.6. The van der Waals surface area contributed by atoms with Crippen LogP contribution in [0.2, 0.25) is 0 Å². The highest BCUT2D eigenvalue weighted by Gasteiger charge is 2.19. The van der Waals surface area contributed by atoms with Gasteiger partial charge in [0.2, 0.25) is 10.0 Å². The maximum absolute atomic E-state index is 12.4. The summed E-state index contributed by atoms with van der Waals surface area (Å²) < 4.78 is 56.9. The Morgan fingerprint density at radius 1 is 0.969 bits per heavy atom. The third-order valence-electron chi connectivity index (χ3n) is 4.47. The molecule has 0 bridgehead atoms. The molecule has 3 rings (SSSR count). The van der Waals surface area contributed by atoms with Crippen LogP contribution in [0.1, 0.15) is 5.56 Å². The van der Waals surface area contributed by atoms with Crippen molar-refractivity contribution >= 4 is 19.9 Å². The third-order valence-corrected chi connectivity index (χ3v) is 7.12. The molecule has 0 aliphatic rings. The van der Waals surface area contributed by atoms with Gasteiger partial charge >= 0.3 is 0 Å². The van der Waals surface area contributed by atoms with Crippen LogP contribution >= 0.6 is 0 Å². The molecule has 0 saturated heterocycles. The Balaban J connectivity index is 1.70. The van der Waals surface area contributed by atoms with Crippen LogP contribution in [0.5, 0.6) is 11.5 Å². The lowest BCUT2D eigenvalue weighted by Gasteiger charge is -2.12. The maximum atomic E-state index is 12.4. The third kappa shape index (κ3) is 5.45. The van der Waals surface area contributed by atoms with Crippen molar-refractivity contribution in [1.82, 2.24) is 4.72 Å². The van der Waals surface area contributed by atoms with Gasteiger partial charge in [-0.2, -0.15) is 5.26 Å². The zero-order valence-corrected chi connectivity index (χ0v) is 18.7. The van der Waals surface area contributed by atoms with Gasteiger partial charge in [0, 0.05) is 18.4 Å². The number of hydrogen-bond acceptors (Lipinski definition) is 7. The molecule has 166 valence electrons. The van der Waals surface area contributed by atoms with Gasteiger partial charge in [-0.3, -0.25) is 0 Å². The molecule has 0 saturated carbocycles. The largest absolute Gasteiger partial charge is 0.507 e. The summed E-state index contributed by atoms with van der Waals surface area (Å²) in [5, 5.41) is 18.7. The van der Waals surface area contributed by atoms with E-state index in [1.54, 1.807) is 42.5 Å². The van der Waals surface area contributed by atoms with Crippen LogP contribution in [-0.4, -0.2) is 41.3 Å². The zero-order chi connectivity index (χ0) is 23.4. The normalized spacial score (nSPS) is 11.6. The number of sulfone groups is 1. The van der Waals surface area contributed by atoms with Gasteiger partial charge in [-0.15, -0.1) is 0 Å². The van der Waals surface area contributed by atoms with E-state index in [9.17, 15) is 21.9 Å². The molecule has 0 heterocycles. The summed E-state index contributed by atoms with van der Waals surface area (Å²) >= 11 is 0. The van der Waals surface area contributed by atoms with Crippen LogP contribution in [0.25, 0.3) is 11.1 Å². The molecule has 0 radical (unpaired) electrons. The molecule has 0 spiro atoms. The van der Waals surface area contributed by atoms with E-state index in [1.165, 1.54) is 12.1 Å². The van der Waals surface area contributed by atoms with Crippen molar-refractivity contribution in [3.05, 3.63) is 72.3 Å². The summed E-state index contributed by atoms with van der Waals surface area (Å²) in [7, 11) is -7.47. The Bertz CT molecular complexity index is 1390. The van der Waals surface area contributed by atoms with Gasteiger partial charge in [0.05, 0.1) is 16.5 Å². The number of rotatable bonds is 8. The quantitative estimate of drug-likeness (QED) is 0.482. The lowest BCUT2D eigenvalue weighted by Crippen LogP contribution is -2.28. The van der Waals surface area contributed by atoms with Crippen molar-refractivity contribution in [2.45, 2.75) is 9.79 Å². The van der Waals surface area contributed by atoms with E-state index in [1.807, 2.05) is 6.07 Å². The van der Waals surface area contributed by atoms with Crippen LogP contribution < -0.4 is 9.46 Å². The number of nitrogens with one attached hydrogen (secondary N) is 1. The number of hydrogen-bond donors (Lipinski definition) is 2. The number of phenols is 1. The fraction of sp³-hybridized carbons (Fsp3) is 0.136. The minimum absolute atomic E-state index is 0.0187. The average Bonchev–Trinajstić information content (AvgIpc) is 2.76. The van der Waals surface area contributed by atoms with E-state index in [-0.39, 0.29) is 23.6 Å². The molecule has 32 heavy (non-hydrogen) atoms. The lowest BCUT2D eigenvalue weighted by molar-refractivity contribution is 0.323. The molecule has 0 aliphatic carbocycles. The van der Waals surface area contributed by atoms with E-state index >= 15 is 0 Å². The molecule has 0 aromatic heterocycles. The van der Waals surface area contributed by atoms with Gasteiger partial charge in [-0.05, 0) is 42.0 Å². The standard InChI is InChI=1S/C22H20N2O6S2/c1-31(26,27)21-8-3-2-7-19(21)17-5-4-6-18(14-17)30-12-11-24-32(28,29)22-13-16(15-23)9-10-20(22)25/h2-10,13-14,24-25H,11-12H2,1H3. The second kappa shape index (κ2) is 9.40. The van der Waals surface area contributed by atoms with Gasteiger partial charge in [0.15, 0.2) is 9.84 Å². The van der Waals surface area contributed by atoms with E-state index in [4.69, 9.17) is 10.00 Å². The summed E-state index contributed by atoms with van der Waals surface area (Å²) in [4.78, 5) is -0.194. The highest BCUT2D eigenvalue weighted by molar-refractivity contribution is 7.91. The van der Waals surface area contributed by atoms with Crippen molar-refractivity contribution in [2.24, 2.45) is 0 Å². The van der Waals surface area contributed by atoms with E-state index < -0.39 is 30.5 Å². The number of nitrogens with zero attached hydrogens (tertiary/aromatic N) is 1. The van der Waals surface area contributed by atoms with E-state index in [0.29, 0.717) is 16.9 Å². The summed E-state index contributed by atoms with van der Waals surface area (Å²) in [5.74, 6) is -0.0333. The monoisotopic (exact) mass is 472 g/mol. The molecule has 0 amide bonds. The van der Waals surface area contributed by atoms with Crippen LogP contribution in [0, 0.1) is 11.3 Å². The molecule has 2 N–H and O–H groups in total. The Labute approximate surface area is 186 Å². The second-order valence-electron chi connectivity index (χ2n) is 6.84. The molecular weight excluding hydrogens is 452 g/mol. The predicted octanol–water partition coefficient (Wildman–Crippen LogP) is 2.69. The minimum atomic E-state index is -4.05. The SMILES string of the molecule is CS(=O)(=O)c1ccccc1-c1cccc(OCCNS(=O)(=O)c2cc(C#N)ccc2O)c1. The predicted molar refractivity (Wildman–Crippen MR) is 118 cm³/mol.